The first kappa shape index (κ1) is 15.4. The summed E-state index contributed by atoms with van der Waals surface area (Å²) < 4.78 is 10.4. The highest BCUT2D eigenvalue weighted by Crippen LogP contribution is 2.04. The van der Waals surface area contributed by atoms with Crippen molar-refractivity contribution in [1.29, 1.82) is 0 Å². The summed E-state index contributed by atoms with van der Waals surface area (Å²) >= 11 is 5.16. The Morgan fingerprint density at radius 2 is 1.74 bits per heavy atom. The van der Waals surface area contributed by atoms with Crippen molar-refractivity contribution in [2.75, 3.05) is 13.2 Å². The summed E-state index contributed by atoms with van der Waals surface area (Å²) in [6.07, 6.45) is 1.53. The van der Waals surface area contributed by atoms with E-state index >= 15 is 0 Å². The third-order valence-electron chi connectivity index (χ3n) is 2.36. The van der Waals surface area contributed by atoms with Gasteiger partial charge >= 0.3 is 5.97 Å². The summed E-state index contributed by atoms with van der Waals surface area (Å²) in [5, 5.41) is 0.500. The number of hydrogen-bond acceptors (Lipinski definition) is 4. The summed E-state index contributed by atoms with van der Waals surface area (Å²) in [5.41, 5.74) is 1.33. The van der Waals surface area contributed by atoms with Gasteiger partial charge in [0.2, 0.25) is 0 Å². The number of ether oxygens (including phenoxy) is 2. The molecule has 1 rings (SSSR count). The number of carbonyl (C=O) groups is 1. The zero-order valence-electron chi connectivity index (χ0n) is 11.1. The lowest BCUT2D eigenvalue weighted by Gasteiger charge is -2.07. The van der Waals surface area contributed by atoms with Gasteiger partial charge in [-0.3, -0.25) is 0 Å². The van der Waals surface area contributed by atoms with Crippen LogP contribution in [0.25, 0.3) is 0 Å². The predicted molar refractivity (Wildman–Crippen MR) is 79.1 cm³/mol. The van der Waals surface area contributed by atoms with Crippen molar-refractivity contribution < 1.29 is 14.3 Å². The molecule has 0 aliphatic heterocycles. The van der Waals surface area contributed by atoms with E-state index in [-0.39, 0.29) is 5.97 Å². The van der Waals surface area contributed by atoms with Crippen LogP contribution < -0.4 is 0 Å². The second kappa shape index (κ2) is 8.43. The number of benzene rings is 1. The lowest BCUT2D eigenvalue weighted by Crippen LogP contribution is -2.08. The van der Waals surface area contributed by atoms with Crippen molar-refractivity contribution in [2.45, 2.75) is 19.8 Å². The molecule has 0 aliphatic rings. The third kappa shape index (κ3) is 6.15. The van der Waals surface area contributed by atoms with Crippen LogP contribution in [0.5, 0.6) is 0 Å². The molecule has 0 aliphatic carbocycles. The van der Waals surface area contributed by atoms with Gasteiger partial charge in [-0.25, -0.2) is 4.79 Å². The smallest absolute Gasteiger partial charge is 0.333 e. The minimum atomic E-state index is -0.347. The standard InChI is InChI=1S/C15H18O3S/c1-12(2)14(16)17-10-6-7-11-18-15(19)13-8-4-3-5-9-13/h3-5,8-9H,1,6-7,10-11H2,2H3. The molecule has 4 heteroatoms. The molecule has 0 saturated carbocycles. The average Bonchev–Trinajstić information content (AvgIpc) is 2.42. The lowest BCUT2D eigenvalue weighted by molar-refractivity contribution is -0.139. The molecule has 19 heavy (non-hydrogen) atoms. The molecular weight excluding hydrogens is 260 g/mol. The molecule has 102 valence electrons. The summed E-state index contributed by atoms with van der Waals surface area (Å²) in [7, 11) is 0. The summed E-state index contributed by atoms with van der Waals surface area (Å²) in [4.78, 5) is 11.1. The number of thiocarbonyl (C=S) groups is 1. The minimum Gasteiger partial charge on any atom is -0.483 e. The molecular formula is C15H18O3S. The van der Waals surface area contributed by atoms with Crippen LogP contribution in [0.1, 0.15) is 25.3 Å². The highest BCUT2D eigenvalue weighted by molar-refractivity contribution is 7.80. The maximum atomic E-state index is 11.1. The Morgan fingerprint density at radius 3 is 2.32 bits per heavy atom. The highest BCUT2D eigenvalue weighted by Gasteiger charge is 2.03. The monoisotopic (exact) mass is 278 g/mol. The van der Waals surface area contributed by atoms with Crippen molar-refractivity contribution in [2.24, 2.45) is 0 Å². The Kier molecular flexibility index (Phi) is 6.82. The summed E-state index contributed by atoms with van der Waals surface area (Å²) in [6.45, 7) is 6.05. The van der Waals surface area contributed by atoms with E-state index in [0.717, 1.165) is 18.4 Å². The normalized spacial score (nSPS) is 9.74. The van der Waals surface area contributed by atoms with Gasteiger partial charge in [0.25, 0.3) is 0 Å². The highest BCUT2D eigenvalue weighted by atomic mass is 32.1. The Labute approximate surface area is 119 Å². The van der Waals surface area contributed by atoms with E-state index in [1.54, 1.807) is 6.92 Å². The predicted octanol–water partition coefficient (Wildman–Crippen LogP) is 3.28. The first-order chi connectivity index (χ1) is 9.11. The average molecular weight is 278 g/mol. The molecule has 0 radical (unpaired) electrons. The maximum Gasteiger partial charge on any atom is 0.333 e. The number of esters is 1. The molecule has 3 nitrogen and oxygen atoms in total. The quantitative estimate of drug-likeness (QED) is 0.332. The van der Waals surface area contributed by atoms with Crippen LogP contribution in [-0.2, 0) is 14.3 Å². The van der Waals surface area contributed by atoms with Crippen molar-refractivity contribution in [3.8, 4) is 0 Å². The first-order valence-corrected chi connectivity index (χ1v) is 6.57. The van der Waals surface area contributed by atoms with Crippen LogP contribution in [0.4, 0.5) is 0 Å². The van der Waals surface area contributed by atoms with Crippen LogP contribution in [0.3, 0.4) is 0 Å². The van der Waals surface area contributed by atoms with Crippen molar-refractivity contribution in [3.05, 3.63) is 48.0 Å². The van der Waals surface area contributed by atoms with Crippen LogP contribution in [0, 0.1) is 0 Å². The fourth-order valence-corrected chi connectivity index (χ4v) is 1.53. The molecule has 0 bridgehead atoms. The molecule has 0 heterocycles. The van der Waals surface area contributed by atoms with Gasteiger partial charge in [0.05, 0.1) is 13.2 Å². The molecule has 0 spiro atoms. The second-order valence-corrected chi connectivity index (χ2v) is 4.50. The van der Waals surface area contributed by atoms with Crippen LogP contribution in [-0.4, -0.2) is 24.2 Å². The minimum absolute atomic E-state index is 0.347. The van der Waals surface area contributed by atoms with E-state index in [1.165, 1.54) is 0 Å². The Balaban J connectivity index is 2.10. The van der Waals surface area contributed by atoms with E-state index in [4.69, 9.17) is 21.7 Å². The van der Waals surface area contributed by atoms with Gasteiger partial charge in [-0.2, -0.15) is 0 Å². The zero-order chi connectivity index (χ0) is 14.1. The fourth-order valence-electron chi connectivity index (χ4n) is 1.31. The molecule has 1 aromatic carbocycles. The van der Waals surface area contributed by atoms with Crippen LogP contribution in [0.2, 0.25) is 0 Å². The molecule has 0 atom stereocenters. The maximum absolute atomic E-state index is 11.1. The SMILES string of the molecule is C=C(C)C(=O)OCCCCOC(=S)c1ccccc1. The van der Waals surface area contributed by atoms with E-state index in [9.17, 15) is 4.79 Å². The molecule has 0 unspecified atom stereocenters. The van der Waals surface area contributed by atoms with Gasteiger partial charge in [0, 0.05) is 11.1 Å². The zero-order valence-corrected chi connectivity index (χ0v) is 11.9. The lowest BCUT2D eigenvalue weighted by atomic mass is 10.2. The number of hydrogen-bond donors (Lipinski definition) is 0. The van der Waals surface area contributed by atoms with E-state index in [2.05, 4.69) is 6.58 Å². The van der Waals surface area contributed by atoms with E-state index in [1.807, 2.05) is 30.3 Å². The second-order valence-electron chi connectivity index (χ2n) is 4.13. The summed E-state index contributed by atoms with van der Waals surface area (Å²) in [5.74, 6) is -0.347. The van der Waals surface area contributed by atoms with E-state index in [0.29, 0.717) is 23.8 Å². The Morgan fingerprint density at radius 1 is 1.16 bits per heavy atom. The fraction of sp³-hybridized carbons (Fsp3) is 0.333. The molecule has 0 amide bonds. The largest absolute Gasteiger partial charge is 0.483 e. The van der Waals surface area contributed by atoms with Crippen molar-refractivity contribution in [1.82, 2.24) is 0 Å². The van der Waals surface area contributed by atoms with Crippen LogP contribution in [0.15, 0.2) is 42.5 Å². The molecule has 1 aromatic rings. The Hall–Kier alpha value is -1.68. The van der Waals surface area contributed by atoms with Gasteiger partial charge in [-0.15, -0.1) is 0 Å². The summed E-state index contributed by atoms with van der Waals surface area (Å²) in [6, 6.07) is 9.60. The van der Waals surface area contributed by atoms with Crippen molar-refractivity contribution in [3.63, 3.8) is 0 Å². The molecule has 0 N–H and O–H groups in total. The topological polar surface area (TPSA) is 35.5 Å². The van der Waals surface area contributed by atoms with Gasteiger partial charge in [-0.1, -0.05) is 36.9 Å². The number of rotatable bonds is 7. The molecule has 0 saturated heterocycles. The van der Waals surface area contributed by atoms with Gasteiger partial charge in [0.15, 0.2) is 5.05 Å². The van der Waals surface area contributed by atoms with Crippen molar-refractivity contribution >= 4 is 23.2 Å². The van der Waals surface area contributed by atoms with Crippen LogP contribution >= 0.6 is 12.2 Å². The van der Waals surface area contributed by atoms with Gasteiger partial charge < -0.3 is 9.47 Å². The third-order valence-corrected chi connectivity index (χ3v) is 2.72. The molecule has 0 fully saturated rings. The first-order valence-electron chi connectivity index (χ1n) is 6.16. The Bertz CT molecular complexity index is 440. The molecule has 0 aromatic heterocycles. The van der Waals surface area contributed by atoms with Gasteiger partial charge in [-0.05, 0) is 32.0 Å². The van der Waals surface area contributed by atoms with E-state index < -0.39 is 0 Å². The number of carbonyl (C=O) groups excluding carboxylic acids is 1. The van der Waals surface area contributed by atoms with Gasteiger partial charge in [0.1, 0.15) is 0 Å². The number of unbranched alkanes of at least 4 members (excludes halogenated alkanes) is 1.